The van der Waals surface area contributed by atoms with Crippen molar-refractivity contribution in [2.45, 2.75) is 11.4 Å². The molecule has 0 aliphatic carbocycles. The van der Waals surface area contributed by atoms with Crippen LogP contribution in [0.2, 0.25) is 0 Å². The first-order chi connectivity index (χ1) is 7.45. The molecule has 16 heavy (non-hydrogen) atoms. The van der Waals surface area contributed by atoms with E-state index in [0.717, 1.165) is 0 Å². The summed E-state index contributed by atoms with van der Waals surface area (Å²) in [5, 5.41) is -0.0696. The minimum atomic E-state index is -3.63. The Morgan fingerprint density at radius 3 is 2.81 bits per heavy atom. The molecule has 0 saturated carbocycles. The Kier molecular flexibility index (Phi) is 4.02. The van der Waals surface area contributed by atoms with Crippen LogP contribution in [0.1, 0.15) is 6.42 Å². The van der Waals surface area contributed by atoms with Crippen molar-refractivity contribution in [3.63, 3.8) is 0 Å². The van der Waals surface area contributed by atoms with Crippen LogP contribution in [0.5, 0.6) is 0 Å². The number of ether oxygens (including phenoxy) is 1. The molecule has 1 aromatic heterocycles. The SMILES string of the molecule is COC(=O)CCNS(=O)(=O)c1cn(C)cn1. The van der Waals surface area contributed by atoms with Gasteiger partial charge in [0.05, 0.1) is 19.9 Å². The molecule has 0 atom stereocenters. The molecule has 0 bridgehead atoms. The van der Waals surface area contributed by atoms with Gasteiger partial charge in [-0.25, -0.2) is 18.1 Å². The van der Waals surface area contributed by atoms with Gasteiger partial charge in [0.2, 0.25) is 0 Å². The van der Waals surface area contributed by atoms with Crippen molar-refractivity contribution in [3.8, 4) is 0 Å². The van der Waals surface area contributed by atoms with Crippen molar-refractivity contribution in [2.24, 2.45) is 7.05 Å². The van der Waals surface area contributed by atoms with Gasteiger partial charge >= 0.3 is 5.97 Å². The number of aryl methyl sites for hydroxylation is 1. The summed E-state index contributed by atoms with van der Waals surface area (Å²) >= 11 is 0. The minimum Gasteiger partial charge on any atom is -0.469 e. The number of hydrogen-bond acceptors (Lipinski definition) is 5. The third kappa shape index (κ3) is 3.31. The average molecular weight is 247 g/mol. The van der Waals surface area contributed by atoms with Crippen LogP contribution in [-0.4, -0.2) is 37.6 Å². The Morgan fingerprint density at radius 2 is 2.31 bits per heavy atom. The number of methoxy groups -OCH3 is 1. The molecule has 1 aromatic rings. The summed E-state index contributed by atoms with van der Waals surface area (Å²) in [5.41, 5.74) is 0. The van der Waals surface area contributed by atoms with E-state index in [1.54, 1.807) is 7.05 Å². The highest BCUT2D eigenvalue weighted by Gasteiger charge is 2.16. The van der Waals surface area contributed by atoms with Crippen LogP contribution in [0, 0.1) is 0 Å². The van der Waals surface area contributed by atoms with Gasteiger partial charge in [0.15, 0.2) is 5.03 Å². The van der Waals surface area contributed by atoms with E-state index in [9.17, 15) is 13.2 Å². The van der Waals surface area contributed by atoms with Gasteiger partial charge in [-0.2, -0.15) is 0 Å². The first kappa shape index (κ1) is 12.7. The smallest absolute Gasteiger partial charge is 0.306 e. The number of rotatable bonds is 5. The molecule has 1 heterocycles. The highest BCUT2D eigenvalue weighted by atomic mass is 32.2. The topological polar surface area (TPSA) is 90.3 Å². The van der Waals surface area contributed by atoms with E-state index < -0.39 is 16.0 Å². The standard InChI is InChI=1S/C8H13N3O4S/c1-11-5-7(9-6-11)16(13,14)10-4-3-8(12)15-2/h5-6,10H,3-4H2,1-2H3. The van der Waals surface area contributed by atoms with E-state index in [2.05, 4.69) is 14.4 Å². The maximum Gasteiger partial charge on any atom is 0.306 e. The lowest BCUT2D eigenvalue weighted by atomic mass is 10.4. The fraction of sp³-hybridized carbons (Fsp3) is 0.500. The molecule has 0 aliphatic rings. The Hall–Kier alpha value is -1.41. The van der Waals surface area contributed by atoms with Gasteiger partial charge in [0.1, 0.15) is 0 Å². The van der Waals surface area contributed by atoms with Gasteiger partial charge in [-0.05, 0) is 0 Å². The summed E-state index contributed by atoms with van der Waals surface area (Å²) < 4.78 is 31.3. The third-order valence-electron chi connectivity index (χ3n) is 1.81. The summed E-state index contributed by atoms with van der Waals surface area (Å²) in [6, 6.07) is 0. The number of sulfonamides is 1. The number of hydrogen-bond donors (Lipinski definition) is 1. The molecule has 8 heteroatoms. The van der Waals surface area contributed by atoms with E-state index >= 15 is 0 Å². The Morgan fingerprint density at radius 1 is 1.62 bits per heavy atom. The van der Waals surface area contributed by atoms with Gasteiger partial charge in [-0.3, -0.25) is 4.79 Å². The fourth-order valence-electron chi connectivity index (χ4n) is 0.991. The maximum absolute atomic E-state index is 11.6. The molecule has 0 unspecified atom stereocenters. The molecule has 0 aliphatic heterocycles. The van der Waals surface area contributed by atoms with Gasteiger partial charge in [-0.15, -0.1) is 0 Å². The summed E-state index contributed by atoms with van der Waals surface area (Å²) in [4.78, 5) is 14.5. The van der Waals surface area contributed by atoms with Gasteiger partial charge in [-0.1, -0.05) is 0 Å². The highest BCUT2D eigenvalue weighted by Crippen LogP contribution is 2.03. The predicted molar refractivity (Wildman–Crippen MR) is 55.0 cm³/mol. The van der Waals surface area contributed by atoms with Gasteiger partial charge in [0.25, 0.3) is 10.0 Å². The quantitative estimate of drug-likeness (QED) is 0.692. The first-order valence-electron chi connectivity index (χ1n) is 4.50. The Bertz CT molecular complexity index is 465. The molecule has 0 aromatic carbocycles. The lowest BCUT2D eigenvalue weighted by Crippen LogP contribution is -2.26. The molecule has 0 spiro atoms. The number of imidazole rings is 1. The zero-order valence-electron chi connectivity index (χ0n) is 9.00. The second-order valence-electron chi connectivity index (χ2n) is 3.10. The van der Waals surface area contributed by atoms with Crippen LogP contribution in [0.25, 0.3) is 0 Å². The van der Waals surface area contributed by atoms with Crippen LogP contribution in [0.4, 0.5) is 0 Å². The van der Waals surface area contributed by atoms with Gasteiger partial charge in [0, 0.05) is 19.8 Å². The zero-order valence-corrected chi connectivity index (χ0v) is 9.82. The fourth-order valence-corrected chi connectivity index (χ4v) is 2.00. The molecule has 0 fully saturated rings. The van der Waals surface area contributed by atoms with Crippen molar-refractivity contribution < 1.29 is 17.9 Å². The van der Waals surface area contributed by atoms with Crippen LogP contribution >= 0.6 is 0 Å². The molecule has 1 N–H and O–H groups in total. The molecule has 7 nitrogen and oxygen atoms in total. The number of carbonyl (C=O) groups excluding carboxylic acids is 1. The molecule has 0 radical (unpaired) electrons. The lowest BCUT2D eigenvalue weighted by Gasteiger charge is -2.02. The molecular weight excluding hydrogens is 234 g/mol. The van der Waals surface area contributed by atoms with Crippen LogP contribution in [0.15, 0.2) is 17.6 Å². The summed E-state index contributed by atoms with van der Waals surface area (Å²) in [7, 11) is -0.720. The van der Waals surface area contributed by atoms with Crippen LogP contribution in [0.3, 0.4) is 0 Å². The number of carbonyl (C=O) groups is 1. The van der Waals surface area contributed by atoms with Crippen LogP contribution < -0.4 is 4.72 Å². The molecular formula is C8H13N3O4S. The van der Waals surface area contributed by atoms with E-state index in [1.165, 1.54) is 24.2 Å². The number of esters is 1. The Balaban J connectivity index is 2.56. The lowest BCUT2D eigenvalue weighted by molar-refractivity contribution is -0.140. The van der Waals surface area contributed by atoms with E-state index in [1.807, 2.05) is 0 Å². The summed E-state index contributed by atoms with van der Waals surface area (Å²) in [5.74, 6) is -0.469. The second kappa shape index (κ2) is 5.08. The molecule has 90 valence electrons. The summed E-state index contributed by atoms with van der Waals surface area (Å²) in [6.45, 7) is -0.00835. The highest BCUT2D eigenvalue weighted by molar-refractivity contribution is 7.89. The molecule has 0 amide bonds. The van der Waals surface area contributed by atoms with Crippen LogP contribution in [-0.2, 0) is 26.6 Å². The Labute approximate surface area is 93.5 Å². The van der Waals surface area contributed by atoms with Gasteiger partial charge < -0.3 is 9.30 Å². The minimum absolute atomic E-state index is 0.00835. The second-order valence-corrected chi connectivity index (χ2v) is 4.82. The molecule has 1 rings (SSSR count). The predicted octanol–water partition coefficient (Wildman–Crippen LogP) is -0.738. The monoisotopic (exact) mass is 247 g/mol. The average Bonchev–Trinajstić information content (AvgIpc) is 2.65. The number of nitrogens with zero attached hydrogens (tertiary/aromatic N) is 2. The zero-order chi connectivity index (χ0) is 12.2. The van der Waals surface area contributed by atoms with E-state index in [-0.39, 0.29) is 18.0 Å². The summed E-state index contributed by atoms with van der Waals surface area (Å²) in [6.07, 6.45) is 2.75. The normalized spacial score (nSPS) is 11.4. The van der Waals surface area contributed by atoms with Crippen molar-refractivity contribution in [1.82, 2.24) is 14.3 Å². The third-order valence-corrected chi connectivity index (χ3v) is 3.15. The first-order valence-corrected chi connectivity index (χ1v) is 5.98. The maximum atomic E-state index is 11.6. The van der Waals surface area contributed by atoms with E-state index in [4.69, 9.17) is 0 Å². The number of nitrogens with one attached hydrogen (secondary N) is 1. The largest absolute Gasteiger partial charge is 0.469 e. The van der Waals surface area contributed by atoms with Crippen molar-refractivity contribution in [1.29, 1.82) is 0 Å². The number of aromatic nitrogens is 2. The van der Waals surface area contributed by atoms with E-state index in [0.29, 0.717) is 0 Å². The molecule has 0 saturated heterocycles. The van der Waals surface area contributed by atoms with Crippen molar-refractivity contribution >= 4 is 16.0 Å². The van der Waals surface area contributed by atoms with Crippen molar-refractivity contribution in [2.75, 3.05) is 13.7 Å². The van der Waals surface area contributed by atoms with Crippen molar-refractivity contribution in [3.05, 3.63) is 12.5 Å².